The molecule has 0 N–H and O–H groups in total. The summed E-state index contributed by atoms with van der Waals surface area (Å²) in [5, 5.41) is 0. The van der Waals surface area contributed by atoms with E-state index in [9.17, 15) is 4.79 Å². The third-order valence-corrected chi connectivity index (χ3v) is 4.35. The van der Waals surface area contributed by atoms with Gasteiger partial charge in [-0.15, -0.1) is 0 Å². The highest BCUT2D eigenvalue weighted by atomic mass is 16.2. The number of aromatic nitrogens is 2. The van der Waals surface area contributed by atoms with Crippen molar-refractivity contribution in [1.82, 2.24) is 14.9 Å². The van der Waals surface area contributed by atoms with Crippen LogP contribution in [-0.2, 0) is 17.6 Å². The number of likely N-dealkylation sites (N-methyl/N-ethyl adjacent to an activating group) is 1. The quantitative estimate of drug-likeness (QED) is 0.818. The van der Waals surface area contributed by atoms with E-state index in [2.05, 4.69) is 14.9 Å². The van der Waals surface area contributed by atoms with Crippen molar-refractivity contribution in [2.75, 3.05) is 25.5 Å². The van der Waals surface area contributed by atoms with E-state index in [4.69, 9.17) is 0 Å². The van der Waals surface area contributed by atoms with Crippen molar-refractivity contribution in [3.8, 4) is 0 Å². The zero-order valence-electron chi connectivity index (χ0n) is 12.3. The minimum atomic E-state index is -0.0571. The first-order valence-corrected chi connectivity index (χ1v) is 7.49. The van der Waals surface area contributed by atoms with Crippen molar-refractivity contribution in [3.05, 3.63) is 17.6 Å². The minimum Gasteiger partial charge on any atom is -0.347 e. The molecule has 5 nitrogen and oxygen atoms in total. The normalized spacial score (nSPS) is 21.7. The van der Waals surface area contributed by atoms with Gasteiger partial charge in [-0.25, -0.2) is 9.97 Å². The summed E-state index contributed by atoms with van der Waals surface area (Å²) in [6.07, 6.45) is 8.09. The second-order valence-corrected chi connectivity index (χ2v) is 5.91. The number of carbonyl (C=O) groups excluding carboxylic acids is 1. The molecule has 0 radical (unpaired) electrons. The molecule has 0 aromatic carbocycles. The molecule has 1 atom stereocenters. The van der Waals surface area contributed by atoms with Crippen molar-refractivity contribution in [3.63, 3.8) is 0 Å². The number of rotatable bonds is 2. The summed E-state index contributed by atoms with van der Waals surface area (Å²) in [7, 11) is 3.67. The van der Waals surface area contributed by atoms with E-state index in [1.165, 1.54) is 11.3 Å². The summed E-state index contributed by atoms with van der Waals surface area (Å²) < 4.78 is 0. The number of piperidine rings is 1. The van der Waals surface area contributed by atoms with Crippen LogP contribution < -0.4 is 4.90 Å². The average molecular weight is 274 g/mol. The Morgan fingerprint density at radius 2 is 2.10 bits per heavy atom. The number of hydrogen-bond donors (Lipinski definition) is 0. The Bertz CT molecular complexity index is 515. The highest BCUT2D eigenvalue weighted by Gasteiger charge is 2.33. The van der Waals surface area contributed by atoms with Gasteiger partial charge in [-0.2, -0.15) is 0 Å². The largest absolute Gasteiger partial charge is 0.347 e. The number of fused-ring (bicyclic) bond motifs is 1. The van der Waals surface area contributed by atoms with Gasteiger partial charge in [0.05, 0.1) is 0 Å². The summed E-state index contributed by atoms with van der Waals surface area (Å²) in [5.41, 5.74) is 2.45. The molecule has 108 valence electrons. The number of anilines is 1. The molecular formula is C15H22N4O. The number of hydrogen-bond acceptors (Lipinski definition) is 4. The molecule has 5 heteroatoms. The summed E-state index contributed by atoms with van der Waals surface area (Å²) in [4.78, 5) is 25.2. The molecule has 1 aromatic rings. The fourth-order valence-electron chi connectivity index (χ4n) is 3.33. The van der Waals surface area contributed by atoms with Gasteiger partial charge in [0.2, 0.25) is 5.91 Å². The summed E-state index contributed by atoms with van der Waals surface area (Å²) in [6, 6.07) is -0.0571. The lowest BCUT2D eigenvalue weighted by molar-refractivity contribution is -0.130. The van der Waals surface area contributed by atoms with Gasteiger partial charge in [-0.1, -0.05) is 0 Å². The third kappa shape index (κ3) is 2.25. The third-order valence-electron chi connectivity index (χ3n) is 4.35. The highest BCUT2D eigenvalue weighted by molar-refractivity contribution is 5.85. The zero-order valence-corrected chi connectivity index (χ0v) is 12.3. The van der Waals surface area contributed by atoms with Gasteiger partial charge in [0.1, 0.15) is 18.2 Å². The van der Waals surface area contributed by atoms with Crippen LogP contribution in [0.5, 0.6) is 0 Å². The van der Waals surface area contributed by atoms with Gasteiger partial charge in [0.15, 0.2) is 0 Å². The van der Waals surface area contributed by atoms with Crippen LogP contribution in [-0.4, -0.2) is 47.5 Å². The Morgan fingerprint density at radius 3 is 2.90 bits per heavy atom. The van der Waals surface area contributed by atoms with Crippen LogP contribution in [0.4, 0.5) is 5.82 Å². The molecule has 1 aliphatic carbocycles. The second kappa shape index (κ2) is 5.38. The van der Waals surface area contributed by atoms with Crippen LogP contribution in [0.15, 0.2) is 6.33 Å². The van der Waals surface area contributed by atoms with Crippen LogP contribution in [0.2, 0.25) is 0 Å². The van der Waals surface area contributed by atoms with Gasteiger partial charge in [-0.3, -0.25) is 4.79 Å². The van der Waals surface area contributed by atoms with Crippen molar-refractivity contribution < 1.29 is 4.79 Å². The minimum absolute atomic E-state index is 0.0571. The molecular weight excluding hydrogens is 252 g/mol. The lowest BCUT2D eigenvalue weighted by Gasteiger charge is -2.37. The molecule has 3 rings (SSSR count). The monoisotopic (exact) mass is 274 g/mol. The Labute approximate surface area is 120 Å². The molecule has 1 amide bonds. The lowest BCUT2D eigenvalue weighted by atomic mass is 10.00. The van der Waals surface area contributed by atoms with Crippen LogP contribution in [0.3, 0.4) is 0 Å². The van der Waals surface area contributed by atoms with Gasteiger partial charge in [-0.05, 0) is 38.5 Å². The molecule has 0 bridgehead atoms. The Morgan fingerprint density at radius 1 is 1.25 bits per heavy atom. The van der Waals surface area contributed by atoms with Crippen LogP contribution in [0.1, 0.15) is 36.9 Å². The van der Waals surface area contributed by atoms with E-state index in [1.54, 1.807) is 11.2 Å². The maximum atomic E-state index is 12.4. The van der Waals surface area contributed by atoms with Crippen LogP contribution in [0.25, 0.3) is 0 Å². The number of amides is 1. The van der Waals surface area contributed by atoms with E-state index in [-0.39, 0.29) is 11.9 Å². The SMILES string of the molecule is CN(C)C(=O)C1CCCCN1c1ncnc2c1CCC2. The van der Waals surface area contributed by atoms with Crippen molar-refractivity contribution in [1.29, 1.82) is 0 Å². The first kappa shape index (κ1) is 13.3. The molecule has 0 spiro atoms. The van der Waals surface area contributed by atoms with E-state index in [1.807, 2.05) is 14.1 Å². The molecule has 1 fully saturated rings. The van der Waals surface area contributed by atoms with Crippen LogP contribution in [0, 0.1) is 0 Å². The highest BCUT2D eigenvalue weighted by Crippen LogP contribution is 2.32. The van der Waals surface area contributed by atoms with Gasteiger partial charge in [0.25, 0.3) is 0 Å². The van der Waals surface area contributed by atoms with Crippen molar-refractivity contribution >= 4 is 11.7 Å². The molecule has 1 aliphatic heterocycles. The standard InChI is InChI=1S/C15H22N4O/c1-18(2)15(20)13-8-3-4-9-19(13)14-11-6-5-7-12(11)16-10-17-14/h10,13H,3-9H2,1-2H3. The van der Waals surface area contributed by atoms with E-state index >= 15 is 0 Å². The lowest BCUT2D eigenvalue weighted by Crippen LogP contribution is -2.50. The fourth-order valence-corrected chi connectivity index (χ4v) is 3.33. The molecule has 2 aliphatic rings. The number of aryl methyl sites for hydroxylation is 1. The topological polar surface area (TPSA) is 49.3 Å². The molecule has 1 aromatic heterocycles. The van der Waals surface area contributed by atoms with E-state index in [0.29, 0.717) is 0 Å². The fraction of sp³-hybridized carbons (Fsp3) is 0.667. The van der Waals surface area contributed by atoms with Crippen molar-refractivity contribution in [2.24, 2.45) is 0 Å². The summed E-state index contributed by atoms with van der Waals surface area (Å²) in [5.74, 6) is 1.20. The molecule has 0 saturated carbocycles. The molecule has 1 unspecified atom stereocenters. The molecule has 1 saturated heterocycles. The predicted octanol–water partition coefficient (Wildman–Crippen LogP) is 1.41. The van der Waals surface area contributed by atoms with Gasteiger partial charge >= 0.3 is 0 Å². The second-order valence-electron chi connectivity index (χ2n) is 5.91. The van der Waals surface area contributed by atoms with Gasteiger partial charge in [0, 0.05) is 31.9 Å². The predicted molar refractivity (Wildman–Crippen MR) is 77.7 cm³/mol. The Balaban J connectivity index is 1.94. The van der Waals surface area contributed by atoms with Crippen molar-refractivity contribution in [2.45, 2.75) is 44.6 Å². The van der Waals surface area contributed by atoms with Crippen LogP contribution >= 0.6 is 0 Å². The average Bonchev–Trinajstić information content (AvgIpc) is 2.94. The van der Waals surface area contributed by atoms with E-state index < -0.39 is 0 Å². The Kier molecular flexibility index (Phi) is 3.59. The first-order valence-electron chi connectivity index (χ1n) is 7.49. The zero-order chi connectivity index (χ0) is 14.1. The smallest absolute Gasteiger partial charge is 0.244 e. The Hall–Kier alpha value is -1.65. The molecule has 2 heterocycles. The summed E-state index contributed by atoms with van der Waals surface area (Å²) in [6.45, 7) is 0.924. The summed E-state index contributed by atoms with van der Waals surface area (Å²) >= 11 is 0. The molecule has 20 heavy (non-hydrogen) atoms. The number of nitrogens with zero attached hydrogens (tertiary/aromatic N) is 4. The number of carbonyl (C=O) groups is 1. The van der Waals surface area contributed by atoms with E-state index in [0.717, 1.165) is 50.9 Å². The maximum absolute atomic E-state index is 12.4. The van der Waals surface area contributed by atoms with Gasteiger partial charge < -0.3 is 9.80 Å². The first-order chi connectivity index (χ1) is 9.68. The maximum Gasteiger partial charge on any atom is 0.244 e.